The van der Waals surface area contributed by atoms with Crippen molar-refractivity contribution in [1.82, 2.24) is 4.90 Å². The predicted molar refractivity (Wildman–Crippen MR) is 135 cm³/mol. The van der Waals surface area contributed by atoms with Crippen molar-refractivity contribution in [2.24, 2.45) is 0 Å². The van der Waals surface area contributed by atoms with Crippen LogP contribution < -0.4 is 10.4 Å². The van der Waals surface area contributed by atoms with Gasteiger partial charge in [0, 0.05) is 25.7 Å². The van der Waals surface area contributed by atoms with Gasteiger partial charge in [0.25, 0.3) is 14.0 Å². The number of nitro benzene ring substituents is 1. The van der Waals surface area contributed by atoms with Gasteiger partial charge >= 0.3 is 6.09 Å². The number of nitrogens with zero attached hydrogens (tertiary/aromatic N) is 2. The minimum absolute atomic E-state index is 0.0243. The number of nitro groups is 1. The molecular formula is C26H30N2O5Si. The number of non-ortho nitro benzene ring substituents is 1. The molecule has 0 aliphatic carbocycles. The first-order chi connectivity index (χ1) is 16.1. The van der Waals surface area contributed by atoms with Crippen molar-refractivity contribution in [3.63, 3.8) is 0 Å². The Balaban J connectivity index is 2.10. The van der Waals surface area contributed by atoms with Crippen LogP contribution in [0.5, 0.6) is 0 Å². The zero-order valence-electron chi connectivity index (χ0n) is 19.9. The maximum Gasteiger partial charge on any atom is 0.407 e. The highest BCUT2D eigenvalue weighted by Crippen LogP contribution is 2.37. The van der Waals surface area contributed by atoms with E-state index in [9.17, 15) is 20.0 Å². The van der Waals surface area contributed by atoms with Crippen LogP contribution in [0.4, 0.5) is 10.5 Å². The average molecular weight is 479 g/mol. The lowest BCUT2D eigenvalue weighted by Gasteiger charge is -2.43. The van der Waals surface area contributed by atoms with Gasteiger partial charge in [0.1, 0.15) is 0 Å². The summed E-state index contributed by atoms with van der Waals surface area (Å²) < 4.78 is 6.94. The molecule has 0 atom stereocenters. The summed E-state index contributed by atoms with van der Waals surface area (Å²) in [7, 11) is -1.38. The van der Waals surface area contributed by atoms with Gasteiger partial charge in [-0.05, 0) is 32.6 Å². The quantitative estimate of drug-likeness (QED) is 0.286. The molecule has 1 amide bonds. The number of rotatable bonds is 8. The molecule has 0 spiro atoms. The molecule has 0 unspecified atom stereocenters. The summed E-state index contributed by atoms with van der Waals surface area (Å²) in [5.74, 6) is 0. The van der Waals surface area contributed by atoms with Crippen molar-refractivity contribution >= 4 is 30.5 Å². The molecule has 0 saturated heterocycles. The molecule has 0 bridgehead atoms. The third kappa shape index (κ3) is 5.18. The average Bonchev–Trinajstić information content (AvgIpc) is 2.80. The van der Waals surface area contributed by atoms with Crippen molar-refractivity contribution in [1.29, 1.82) is 0 Å². The lowest BCUT2D eigenvalue weighted by Crippen LogP contribution is -2.66. The van der Waals surface area contributed by atoms with Crippen LogP contribution in [0.2, 0.25) is 5.04 Å². The monoisotopic (exact) mass is 478 g/mol. The van der Waals surface area contributed by atoms with Crippen LogP contribution in [0.15, 0.2) is 78.9 Å². The van der Waals surface area contributed by atoms with Gasteiger partial charge in [-0.2, -0.15) is 0 Å². The number of carboxylic acid groups (broad SMARTS) is 1. The number of hydrogen-bond donors (Lipinski definition) is 1. The maximum atomic E-state index is 11.4. The minimum atomic E-state index is -2.82. The molecule has 0 fully saturated rings. The summed E-state index contributed by atoms with van der Waals surface area (Å²) >= 11 is 0. The van der Waals surface area contributed by atoms with Crippen LogP contribution in [-0.2, 0) is 17.6 Å². The van der Waals surface area contributed by atoms with Gasteiger partial charge in [-0.25, -0.2) is 4.79 Å². The molecule has 0 heterocycles. The Bertz CT molecular complexity index is 1110. The SMILES string of the molecule is CN(Cc1cc([N+](=O)[O-])ccc1CO[Si](c1ccccc1)(c1ccccc1)C(C)(C)C)C(=O)O. The fourth-order valence-electron chi connectivity index (χ4n) is 4.28. The normalized spacial score (nSPS) is 11.8. The highest BCUT2D eigenvalue weighted by Gasteiger charge is 2.50. The fraction of sp³-hybridized carbons (Fsp3) is 0.269. The number of amides is 1. The molecule has 0 aliphatic heterocycles. The van der Waals surface area contributed by atoms with Gasteiger partial charge in [0.2, 0.25) is 0 Å². The second-order valence-electron chi connectivity index (χ2n) is 9.30. The summed E-state index contributed by atoms with van der Waals surface area (Å²) in [6, 6.07) is 24.9. The second kappa shape index (κ2) is 10.2. The molecule has 178 valence electrons. The van der Waals surface area contributed by atoms with Gasteiger partial charge in [-0.1, -0.05) is 81.4 Å². The largest absolute Gasteiger partial charge is 0.465 e. The number of benzene rings is 3. The van der Waals surface area contributed by atoms with Crippen molar-refractivity contribution in [3.8, 4) is 0 Å². The van der Waals surface area contributed by atoms with Crippen molar-refractivity contribution in [2.75, 3.05) is 7.05 Å². The van der Waals surface area contributed by atoms with E-state index >= 15 is 0 Å². The van der Waals surface area contributed by atoms with Crippen LogP contribution in [-0.4, -0.2) is 36.4 Å². The lowest BCUT2D eigenvalue weighted by atomic mass is 10.1. The van der Waals surface area contributed by atoms with Gasteiger partial charge in [-0.15, -0.1) is 0 Å². The molecule has 8 heteroatoms. The molecule has 3 rings (SSSR count). The highest BCUT2D eigenvalue weighted by molar-refractivity contribution is 6.99. The van der Waals surface area contributed by atoms with Crippen molar-refractivity contribution in [2.45, 2.75) is 39.0 Å². The van der Waals surface area contributed by atoms with Crippen molar-refractivity contribution < 1.29 is 19.3 Å². The Morgan fingerprint density at radius 1 is 0.971 bits per heavy atom. The summed E-state index contributed by atoms with van der Waals surface area (Å²) in [5, 5.41) is 22.7. The lowest BCUT2D eigenvalue weighted by molar-refractivity contribution is -0.384. The standard InChI is InChI=1S/C26H30N2O5Si/c1-26(2,3)34(23-11-7-5-8-12-23,24-13-9-6-10-14-24)33-19-20-15-16-22(28(31)32)17-21(20)18-27(4)25(29)30/h5-17H,18-19H2,1-4H3,(H,29,30). The van der Waals surface area contributed by atoms with E-state index in [-0.39, 0.29) is 23.9 Å². The predicted octanol–water partition coefficient (Wildman–Crippen LogP) is 4.78. The first-order valence-electron chi connectivity index (χ1n) is 11.0. The van der Waals surface area contributed by atoms with E-state index in [4.69, 9.17) is 4.43 Å². The van der Waals surface area contributed by atoms with Crippen LogP contribution in [0, 0.1) is 10.1 Å². The van der Waals surface area contributed by atoms with Crippen LogP contribution in [0.1, 0.15) is 31.9 Å². The third-order valence-corrected chi connectivity index (χ3v) is 11.0. The zero-order valence-corrected chi connectivity index (χ0v) is 20.9. The molecule has 0 saturated carbocycles. The summed E-state index contributed by atoms with van der Waals surface area (Å²) in [4.78, 5) is 23.4. The van der Waals surface area contributed by atoms with Crippen molar-refractivity contribution in [3.05, 3.63) is 100 Å². The van der Waals surface area contributed by atoms with E-state index < -0.39 is 19.3 Å². The Kier molecular flexibility index (Phi) is 7.53. The molecule has 0 radical (unpaired) electrons. The van der Waals surface area contributed by atoms with E-state index in [2.05, 4.69) is 45.0 Å². The van der Waals surface area contributed by atoms with Gasteiger partial charge in [0.15, 0.2) is 0 Å². The van der Waals surface area contributed by atoms with E-state index in [0.717, 1.165) is 20.8 Å². The smallest absolute Gasteiger partial charge is 0.407 e. The number of hydrogen-bond acceptors (Lipinski definition) is 4. The first-order valence-corrected chi connectivity index (χ1v) is 12.9. The molecule has 3 aromatic carbocycles. The minimum Gasteiger partial charge on any atom is -0.465 e. The molecule has 34 heavy (non-hydrogen) atoms. The maximum absolute atomic E-state index is 11.4. The Morgan fingerprint density at radius 3 is 1.94 bits per heavy atom. The Hall–Kier alpha value is -3.49. The third-order valence-electron chi connectivity index (χ3n) is 6.00. The van der Waals surface area contributed by atoms with Gasteiger partial charge in [0.05, 0.1) is 11.5 Å². The van der Waals surface area contributed by atoms with Gasteiger partial charge in [-0.3, -0.25) is 10.1 Å². The van der Waals surface area contributed by atoms with E-state index in [1.54, 1.807) is 6.07 Å². The summed E-state index contributed by atoms with van der Waals surface area (Å²) in [6.07, 6.45) is -1.11. The molecule has 3 aromatic rings. The molecular weight excluding hydrogens is 448 g/mol. The Labute approximate surface area is 200 Å². The molecule has 0 aliphatic rings. The highest BCUT2D eigenvalue weighted by atomic mass is 28.4. The van der Waals surface area contributed by atoms with E-state index in [1.807, 2.05) is 36.4 Å². The Morgan fingerprint density at radius 2 is 1.50 bits per heavy atom. The second-order valence-corrected chi connectivity index (χ2v) is 13.6. The topological polar surface area (TPSA) is 92.9 Å². The van der Waals surface area contributed by atoms with Gasteiger partial charge < -0.3 is 14.4 Å². The molecule has 1 N–H and O–H groups in total. The molecule has 0 aromatic heterocycles. The van der Waals surface area contributed by atoms with Crippen LogP contribution in [0.3, 0.4) is 0 Å². The first kappa shape index (κ1) is 25.1. The van der Waals surface area contributed by atoms with E-state index in [1.165, 1.54) is 19.2 Å². The summed E-state index contributed by atoms with van der Waals surface area (Å²) in [6.45, 7) is 6.75. The summed E-state index contributed by atoms with van der Waals surface area (Å²) in [5.41, 5.74) is 1.20. The van der Waals surface area contributed by atoms with Crippen LogP contribution in [0.25, 0.3) is 0 Å². The number of carbonyl (C=O) groups is 1. The molecule has 7 nitrogen and oxygen atoms in total. The zero-order chi connectivity index (χ0) is 24.9. The van der Waals surface area contributed by atoms with E-state index in [0.29, 0.717) is 5.56 Å². The fourth-order valence-corrected chi connectivity index (χ4v) is 8.81. The van der Waals surface area contributed by atoms with Crippen LogP contribution >= 0.6 is 0 Å².